The van der Waals surface area contributed by atoms with E-state index in [1.54, 1.807) is 0 Å². The maximum absolute atomic E-state index is 2.49. The van der Waals surface area contributed by atoms with E-state index in [1.165, 1.54) is 19.3 Å². The average Bonchev–Trinajstić information content (AvgIpc) is 2.08. The van der Waals surface area contributed by atoms with Crippen molar-refractivity contribution in [2.45, 2.75) is 47.0 Å². The summed E-state index contributed by atoms with van der Waals surface area (Å²) in [7, 11) is 0. The van der Waals surface area contributed by atoms with Gasteiger partial charge in [-0.25, -0.2) is 0 Å². The van der Waals surface area contributed by atoms with E-state index in [-0.39, 0.29) is 0 Å². The molecule has 0 spiro atoms. The van der Waals surface area contributed by atoms with E-state index in [0.717, 1.165) is 11.8 Å². The molecule has 3 fully saturated rings. The first kappa shape index (κ1) is 9.30. The third kappa shape index (κ3) is 0.923. The molecule has 0 radical (unpaired) electrons. The first-order valence-electron chi connectivity index (χ1n) is 5.68. The van der Waals surface area contributed by atoms with Crippen molar-refractivity contribution in [3.63, 3.8) is 0 Å². The summed E-state index contributed by atoms with van der Waals surface area (Å²) in [6.07, 6.45) is 9.12. The highest BCUT2D eigenvalue weighted by molar-refractivity contribution is 5.20. The van der Waals surface area contributed by atoms with Crippen molar-refractivity contribution < 1.29 is 0 Å². The van der Waals surface area contributed by atoms with Crippen LogP contribution in [0.5, 0.6) is 0 Å². The fraction of sp³-hybridized carbons (Fsp3) is 0.846. The fourth-order valence-electron chi connectivity index (χ4n) is 3.93. The molecule has 0 saturated heterocycles. The van der Waals surface area contributed by atoms with Gasteiger partial charge in [-0.1, -0.05) is 32.9 Å². The molecule has 0 heterocycles. The molecule has 3 rings (SSSR count). The Bertz CT molecular complexity index is 236. The summed E-state index contributed by atoms with van der Waals surface area (Å²) in [6.45, 7) is 9.55. The summed E-state index contributed by atoms with van der Waals surface area (Å²) in [5.41, 5.74) is 1.11. The van der Waals surface area contributed by atoms with Crippen molar-refractivity contribution in [1.82, 2.24) is 0 Å². The zero-order valence-electron chi connectivity index (χ0n) is 9.43. The predicted molar refractivity (Wildman–Crippen MR) is 57.5 cm³/mol. The van der Waals surface area contributed by atoms with Gasteiger partial charge >= 0.3 is 0 Å². The topological polar surface area (TPSA) is 0 Å². The Balaban J connectivity index is 2.33. The average molecular weight is 178 g/mol. The van der Waals surface area contributed by atoms with Gasteiger partial charge in [0.25, 0.3) is 0 Å². The molecule has 3 aliphatic carbocycles. The molecule has 0 amide bonds. The molecule has 3 unspecified atom stereocenters. The van der Waals surface area contributed by atoms with Crippen LogP contribution >= 0.6 is 0 Å². The molecule has 0 heteroatoms. The molecular weight excluding hydrogens is 156 g/mol. The van der Waals surface area contributed by atoms with Crippen molar-refractivity contribution >= 4 is 0 Å². The van der Waals surface area contributed by atoms with Gasteiger partial charge < -0.3 is 0 Å². The zero-order chi connectivity index (χ0) is 9.69. The lowest BCUT2D eigenvalue weighted by Crippen LogP contribution is -2.60. The number of fused-ring (bicyclic) bond motifs is 2. The third-order valence-electron chi connectivity index (χ3n) is 5.10. The molecule has 74 valence electrons. The first-order valence-corrected chi connectivity index (χ1v) is 5.68. The lowest BCUT2D eigenvalue weighted by molar-refractivity contribution is -0.160. The first-order chi connectivity index (χ1) is 6.04. The van der Waals surface area contributed by atoms with Crippen LogP contribution in [0, 0.1) is 22.7 Å². The van der Waals surface area contributed by atoms with E-state index < -0.39 is 0 Å². The molecule has 0 aliphatic heterocycles. The van der Waals surface area contributed by atoms with E-state index in [0.29, 0.717) is 10.8 Å². The monoisotopic (exact) mass is 178 g/mol. The Morgan fingerprint density at radius 1 is 1.23 bits per heavy atom. The minimum absolute atomic E-state index is 0.546. The van der Waals surface area contributed by atoms with Crippen molar-refractivity contribution in [3.05, 3.63) is 12.2 Å². The Kier molecular flexibility index (Phi) is 1.87. The predicted octanol–water partition coefficient (Wildman–Crippen LogP) is 4.02. The molecule has 13 heavy (non-hydrogen) atoms. The van der Waals surface area contributed by atoms with Gasteiger partial charge in [0.1, 0.15) is 0 Å². The van der Waals surface area contributed by atoms with E-state index >= 15 is 0 Å². The number of allylic oxidation sites excluding steroid dienone is 2. The van der Waals surface area contributed by atoms with E-state index in [2.05, 4.69) is 39.8 Å². The summed E-state index contributed by atoms with van der Waals surface area (Å²) in [5.74, 6) is 1.89. The summed E-state index contributed by atoms with van der Waals surface area (Å²) in [5, 5.41) is 0. The van der Waals surface area contributed by atoms with Gasteiger partial charge in [-0.3, -0.25) is 0 Å². The van der Waals surface area contributed by atoms with Crippen LogP contribution in [0.1, 0.15) is 47.0 Å². The van der Waals surface area contributed by atoms with Crippen LogP contribution in [0.4, 0.5) is 0 Å². The van der Waals surface area contributed by atoms with Crippen LogP contribution in [0.15, 0.2) is 12.2 Å². The smallest absolute Gasteiger partial charge is 0.00361 e. The maximum atomic E-state index is 2.49. The second-order valence-electron chi connectivity index (χ2n) is 5.64. The van der Waals surface area contributed by atoms with Gasteiger partial charge in [-0.15, -0.1) is 0 Å². The number of hydrogen-bond donors (Lipinski definition) is 0. The van der Waals surface area contributed by atoms with Crippen LogP contribution in [0.25, 0.3) is 0 Å². The van der Waals surface area contributed by atoms with Gasteiger partial charge in [0.15, 0.2) is 0 Å². The van der Waals surface area contributed by atoms with E-state index in [1.807, 2.05) is 0 Å². The molecule has 0 aromatic carbocycles. The highest BCUT2D eigenvalue weighted by Gasteiger charge is 2.62. The summed E-state index contributed by atoms with van der Waals surface area (Å²) in [6, 6.07) is 0. The van der Waals surface area contributed by atoms with Crippen molar-refractivity contribution in [3.8, 4) is 0 Å². The molecule has 0 aromatic rings. The van der Waals surface area contributed by atoms with Gasteiger partial charge in [0.2, 0.25) is 0 Å². The molecule has 2 bridgehead atoms. The molecule has 0 aromatic heterocycles. The Morgan fingerprint density at radius 2 is 1.92 bits per heavy atom. The van der Waals surface area contributed by atoms with Crippen LogP contribution < -0.4 is 0 Å². The molecule has 3 saturated carbocycles. The minimum atomic E-state index is 0.546. The van der Waals surface area contributed by atoms with Gasteiger partial charge in [-0.2, -0.15) is 0 Å². The summed E-state index contributed by atoms with van der Waals surface area (Å²) < 4.78 is 0. The highest BCUT2D eigenvalue weighted by atomic mass is 14.7. The van der Waals surface area contributed by atoms with Crippen LogP contribution in [0.3, 0.4) is 0 Å². The largest absolute Gasteiger partial charge is 0.0911 e. The highest BCUT2D eigenvalue weighted by Crippen LogP contribution is 2.70. The molecular formula is C13H22. The standard InChI is InChI=1S/C13H22/c1-5-8-13-9-11(12(13,3)4)7-6-10(13)2/h5,8,10-11H,6-7,9H2,1-4H3. The molecule has 0 N–H and O–H groups in total. The van der Waals surface area contributed by atoms with Crippen LogP contribution in [-0.2, 0) is 0 Å². The quantitative estimate of drug-likeness (QED) is 0.532. The Hall–Kier alpha value is -0.260. The third-order valence-corrected chi connectivity index (χ3v) is 5.10. The summed E-state index contributed by atoms with van der Waals surface area (Å²) in [4.78, 5) is 0. The van der Waals surface area contributed by atoms with Crippen molar-refractivity contribution in [2.24, 2.45) is 22.7 Å². The maximum Gasteiger partial charge on any atom is -0.00361 e. The fourth-order valence-corrected chi connectivity index (χ4v) is 3.93. The second kappa shape index (κ2) is 2.62. The molecule has 3 aliphatic rings. The minimum Gasteiger partial charge on any atom is -0.0911 e. The lowest BCUT2D eigenvalue weighted by Gasteiger charge is -2.67. The Labute approximate surface area is 82.4 Å². The van der Waals surface area contributed by atoms with Gasteiger partial charge in [0, 0.05) is 0 Å². The van der Waals surface area contributed by atoms with Crippen molar-refractivity contribution in [1.29, 1.82) is 0 Å². The van der Waals surface area contributed by atoms with Crippen molar-refractivity contribution in [2.75, 3.05) is 0 Å². The van der Waals surface area contributed by atoms with E-state index in [4.69, 9.17) is 0 Å². The SMILES string of the molecule is CC=CC12CC(CCC1C)C2(C)C. The van der Waals surface area contributed by atoms with Crippen LogP contribution in [-0.4, -0.2) is 0 Å². The van der Waals surface area contributed by atoms with E-state index in [9.17, 15) is 0 Å². The number of hydrogen-bond acceptors (Lipinski definition) is 0. The lowest BCUT2D eigenvalue weighted by atomic mass is 9.37. The van der Waals surface area contributed by atoms with Gasteiger partial charge in [-0.05, 0) is 48.9 Å². The van der Waals surface area contributed by atoms with Gasteiger partial charge in [0.05, 0.1) is 0 Å². The number of rotatable bonds is 1. The Morgan fingerprint density at radius 3 is 2.38 bits per heavy atom. The van der Waals surface area contributed by atoms with Crippen LogP contribution in [0.2, 0.25) is 0 Å². The normalized spacial score (nSPS) is 47.7. The zero-order valence-corrected chi connectivity index (χ0v) is 9.43. The molecule has 0 nitrogen and oxygen atoms in total. The summed E-state index contributed by atoms with van der Waals surface area (Å²) >= 11 is 0. The second-order valence-corrected chi connectivity index (χ2v) is 5.64. The molecule has 3 atom stereocenters.